The van der Waals surface area contributed by atoms with Crippen LogP contribution in [0.5, 0.6) is 0 Å². The van der Waals surface area contributed by atoms with E-state index < -0.39 is 0 Å². The normalized spacial score (nSPS) is 10.8. The van der Waals surface area contributed by atoms with E-state index in [1.165, 1.54) is 5.56 Å². The van der Waals surface area contributed by atoms with Crippen molar-refractivity contribution in [2.45, 2.75) is 33.6 Å². The number of hydrogen-bond donors (Lipinski definition) is 2. The third kappa shape index (κ3) is 2.90. The first-order valence-electron chi connectivity index (χ1n) is 6.91. The summed E-state index contributed by atoms with van der Waals surface area (Å²) >= 11 is 0. The van der Waals surface area contributed by atoms with Gasteiger partial charge in [0.1, 0.15) is 0 Å². The number of rotatable bonds is 5. The number of Topliss-reactive ketones (excluding diaryl/α,β-unsaturated/α-hetero) is 1. The number of aromatic amines is 1. The molecule has 1 amide bonds. The number of aryl methyl sites for hydroxylation is 1. The number of aromatic nitrogens is 1. The van der Waals surface area contributed by atoms with Crippen LogP contribution in [0.2, 0.25) is 0 Å². The van der Waals surface area contributed by atoms with Gasteiger partial charge in [-0.3, -0.25) is 9.59 Å². The molecule has 106 valence electrons. The van der Waals surface area contributed by atoms with Crippen molar-refractivity contribution in [3.63, 3.8) is 0 Å². The Labute approximate surface area is 118 Å². The van der Waals surface area contributed by atoms with Crippen LogP contribution in [0.15, 0.2) is 18.2 Å². The molecule has 0 radical (unpaired) electrons. The summed E-state index contributed by atoms with van der Waals surface area (Å²) in [5.41, 5.74) is 3.98. The minimum Gasteiger partial charge on any atom is -0.358 e. The summed E-state index contributed by atoms with van der Waals surface area (Å²) < 4.78 is 0. The molecule has 0 unspecified atom stereocenters. The van der Waals surface area contributed by atoms with E-state index in [-0.39, 0.29) is 11.7 Å². The fourth-order valence-corrected chi connectivity index (χ4v) is 2.31. The van der Waals surface area contributed by atoms with Crippen LogP contribution < -0.4 is 5.32 Å². The van der Waals surface area contributed by atoms with Crippen LogP contribution in [0.4, 0.5) is 0 Å². The number of nitrogens with one attached hydrogen (secondary N) is 2. The quantitative estimate of drug-likeness (QED) is 0.822. The molecule has 1 aromatic heterocycles. The average molecular weight is 272 g/mol. The number of fused-ring (bicyclic) bond motifs is 1. The fraction of sp³-hybridized carbons (Fsp3) is 0.375. The molecule has 4 nitrogen and oxygen atoms in total. The maximum atomic E-state index is 11.4. The second-order valence-corrected chi connectivity index (χ2v) is 5.00. The zero-order chi connectivity index (χ0) is 14.7. The van der Waals surface area contributed by atoms with Gasteiger partial charge in [-0.25, -0.2) is 0 Å². The van der Waals surface area contributed by atoms with Crippen molar-refractivity contribution in [2.75, 3.05) is 6.54 Å². The van der Waals surface area contributed by atoms with E-state index in [1.807, 2.05) is 25.1 Å². The van der Waals surface area contributed by atoms with E-state index >= 15 is 0 Å². The van der Waals surface area contributed by atoms with E-state index in [1.54, 1.807) is 6.92 Å². The van der Waals surface area contributed by atoms with Crippen molar-refractivity contribution in [1.82, 2.24) is 10.3 Å². The highest BCUT2D eigenvalue weighted by molar-refractivity contribution is 5.98. The minimum atomic E-state index is 0.0657. The Balaban J connectivity index is 2.20. The lowest BCUT2D eigenvalue weighted by atomic mass is 10.1. The Bertz CT molecular complexity index is 656. The monoisotopic (exact) mass is 272 g/mol. The zero-order valence-electron chi connectivity index (χ0n) is 12.2. The number of benzene rings is 1. The molecule has 1 heterocycles. The lowest BCUT2D eigenvalue weighted by molar-refractivity contribution is -0.120. The van der Waals surface area contributed by atoms with Crippen LogP contribution in [0.25, 0.3) is 10.9 Å². The molecule has 4 heteroatoms. The predicted molar refractivity (Wildman–Crippen MR) is 80.0 cm³/mol. The summed E-state index contributed by atoms with van der Waals surface area (Å²) in [6.45, 7) is 6.09. The number of ketones is 1. The molecule has 0 saturated carbocycles. The maximum Gasteiger partial charge on any atom is 0.219 e. The second-order valence-electron chi connectivity index (χ2n) is 5.00. The van der Waals surface area contributed by atoms with Crippen LogP contribution in [-0.4, -0.2) is 23.2 Å². The number of amides is 1. The first-order chi connectivity index (χ1) is 9.52. The molecule has 2 aromatic rings. The van der Waals surface area contributed by atoms with Crippen molar-refractivity contribution >= 4 is 22.6 Å². The third-order valence-corrected chi connectivity index (χ3v) is 3.59. The lowest BCUT2D eigenvalue weighted by Gasteiger charge is -2.03. The van der Waals surface area contributed by atoms with Gasteiger partial charge in [-0.15, -0.1) is 0 Å². The Morgan fingerprint density at radius 3 is 2.70 bits per heavy atom. The van der Waals surface area contributed by atoms with Crippen LogP contribution in [0.1, 0.15) is 41.9 Å². The molecule has 0 aliphatic carbocycles. The maximum absolute atomic E-state index is 11.4. The molecule has 0 spiro atoms. The molecule has 1 aromatic carbocycles. The van der Waals surface area contributed by atoms with Crippen molar-refractivity contribution in [3.8, 4) is 0 Å². The summed E-state index contributed by atoms with van der Waals surface area (Å²) in [5, 5.41) is 4.00. The highest BCUT2D eigenvalue weighted by Crippen LogP contribution is 2.23. The number of carbonyl (C=O) groups is 2. The summed E-state index contributed by atoms with van der Waals surface area (Å²) in [6.07, 6.45) is 1.27. The molecule has 0 aliphatic rings. The van der Waals surface area contributed by atoms with Gasteiger partial charge in [0.15, 0.2) is 5.78 Å². The third-order valence-electron chi connectivity index (χ3n) is 3.59. The predicted octanol–water partition coefficient (Wildman–Crippen LogP) is 2.75. The Morgan fingerprint density at radius 1 is 1.30 bits per heavy atom. The average Bonchev–Trinajstić information content (AvgIpc) is 2.75. The van der Waals surface area contributed by atoms with Gasteiger partial charge in [-0.05, 0) is 25.5 Å². The number of carbonyl (C=O) groups excluding carboxylic acids is 2. The van der Waals surface area contributed by atoms with Crippen molar-refractivity contribution in [1.29, 1.82) is 0 Å². The highest BCUT2D eigenvalue weighted by Gasteiger charge is 2.09. The van der Waals surface area contributed by atoms with Crippen molar-refractivity contribution < 1.29 is 9.59 Å². The van der Waals surface area contributed by atoms with E-state index in [9.17, 15) is 9.59 Å². The highest BCUT2D eigenvalue weighted by atomic mass is 16.1. The van der Waals surface area contributed by atoms with E-state index in [4.69, 9.17) is 0 Å². The van der Waals surface area contributed by atoms with Gasteiger partial charge in [-0.2, -0.15) is 0 Å². The van der Waals surface area contributed by atoms with Gasteiger partial charge in [0, 0.05) is 41.5 Å². The molecule has 20 heavy (non-hydrogen) atoms. The lowest BCUT2D eigenvalue weighted by Crippen LogP contribution is -2.24. The van der Waals surface area contributed by atoms with Gasteiger partial charge in [-0.1, -0.05) is 19.1 Å². The topological polar surface area (TPSA) is 62.0 Å². The Kier molecular flexibility index (Phi) is 4.23. The van der Waals surface area contributed by atoms with Crippen molar-refractivity contribution in [3.05, 3.63) is 35.0 Å². The second kappa shape index (κ2) is 5.90. The molecule has 0 aliphatic heterocycles. The molecule has 2 N–H and O–H groups in total. The van der Waals surface area contributed by atoms with Gasteiger partial charge < -0.3 is 10.3 Å². The first-order valence-corrected chi connectivity index (χ1v) is 6.91. The molecule has 2 rings (SSSR count). The molecular weight excluding hydrogens is 252 g/mol. The molecule has 0 fully saturated rings. The first kappa shape index (κ1) is 14.3. The Hall–Kier alpha value is -2.10. The largest absolute Gasteiger partial charge is 0.358 e. The summed E-state index contributed by atoms with van der Waals surface area (Å²) in [5.74, 6) is 0.133. The molecule has 0 saturated heterocycles. The SMILES string of the molecule is CCC(=O)NCCc1[nH]c2cc(C(C)=O)ccc2c1C. The van der Waals surface area contributed by atoms with Crippen LogP contribution in [-0.2, 0) is 11.2 Å². The summed E-state index contributed by atoms with van der Waals surface area (Å²) in [6, 6.07) is 5.72. The van der Waals surface area contributed by atoms with Crippen molar-refractivity contribution in [2.24, 2.45) is 0 Å². The fourth-order valence-electron chi connectivity index (χ4n) is 2.31. The Morgan fingerprint density at radius 2 is 2.05 bits per heavy atom. The van der Waals surface area contributed by atoms with Crippen LogP contribution in [0, 0.1) is 6.92 Å². The van der Waals surface area contributed by atoms with Gasteiger partial charge in [0.05, 0.1) is 0 Å². The van der Waals surface area contributed by atoms with E-state index in [0.29, 0.717) is 18.5 Å². The smallest absolute Gasteiger partial charge is 0.219 e. The molecular formula is C16H20N2O2. The summed E-state index contributed by atoms with van der Waals surface area (Å²) in [4.78, 5) is 26.0. The van der Waals surface area contributed by atoms with Gasteiger partial charge in [0.25, 0.3) is 0 Å². The van der Waals surface area contributed by atoms with E-state index in [2.05, 4.69) is 17.2 Å². The molecule has 0 bridgehead atoms. The standard InChI is InChI=1S/C16H20N2O2/c1-4-16(20)17-8-7-14-10(2)13-6-5-12(11(3)19)9-15(13)18-14/h5-6,9,18H,4,7-8H2,1-3H3,(H,17,20). The molecule has 0 atom stereocenters. The van der Waals surface area contributed by atoms with Crippen LogP contribution >= 0.6 is 0 Å². The van der Waals surface area contributed by atoms with Gasteiger partial charge in [0.2, 0.25) is 5.91 Å². The minimum absolute atomic E-state index is 0.0657. The zero-order valence-corrected chi connectivity index (χ0v) is 12.2. The van der Waals surface area contributed by atoms with Crippen LogP contribution in [0.3, 0.4) is 0 Å². The van der Waals surface area contributed by atoms with Gasteiger partial charge >= 0.3 is 0 Å². The summed E-state index contributed by atoms with van der Waals surface area (Å²) in [7, 11) is 0. The number of hydrogen-bond acceptors (Lipinski definition) is 2. The number of H-pyrrole nitrogens is 1. The van der Waals surface area contributed by atoms with E-state index in [0.717, 1.165) is 23.0 Å².